The molecule has 0 fully saturated rings. The second-order valence-corrected chi connectivity index (χ2v) is 7.06. The number of carbonyl (C=O) groups excluding carboxylic acids is 1. The van der Waals surface area contributed by atoms with Gasteiger partial charge in [-0.1, -0.05) is 19.1 Å². The minimum absolute atomic E-state index is 0.0538. The predicted molar refractivity (Wildman–Crippen MR) is 98.6 cm³/mol. The highest BCUT2D eigenvalue weighted by Gasteiger charge is 2.29. The van der Waals surface area contributed by atoms with Gasteiger partial charge in [0.1, 0.15) is 11.6 Å². The molecule has 3 aromatic rings. The second-order valence-electron chi connectivity index (χ2n) is 6.20. The zero-order chi connectivity index (χ0) is 18.0. The molecule has 2 aromatic heterocycles. The van der Waals surface area contributed by atoms with Crippen LogP contribution in [0.5, 0.6) is 0 Å². The number of thiazole rings is 1. The van der Waals surface area contributed by atoms with Crippen molar-refractivity contribution in [2.75, 3.05) is 0 Å². The summed E-state index contributed by atoms with van der Waals surface area (Å²) in [5, 5.41) is 5.88. The van der Waals surface area contributed by atoms with Crippen LogP contribution in [0.4, 0.5) is 0 Å². The van der Waals surface area contributed by atoms with E-state index in [1.807, 2.05) is 44.4 Å². The summed E-state index contributed by atoms with van der Waals surface area (Å²) in [4.78, 5) is 33.5. The fraction of sp³-hybridized carbons (Fsp3) is 0.333. The summed E-state index contributed by atoms with van der Waals surface area (Å²) in [5.41, 5.74) is 1.42. The first-order chi connectivity index (χ1) is 11.9. The Morgan fingerprint density at radius 2 is 2.12 bits per heavy atom. The number of amides is 1. The molecule has 1 unspecified atom stereocenters. The van der Waals surface area contributed by atoms with Crippen LogP contribution in [0.25, 0.3) is 11.0 Å². The highest BCUT2D eigenvalue weighted by molar-refractivity contribution is 7.09. The van der Waals surface area contributed by atoms with Crippen molar-refractivity contribution >= 4 is 28.3 Å². The Labute approximate surface area is 149 Å². The van der Waals surface area contributed by atoms with Crippen LogP contribution >= 0.6 is 11.3 Å². The first-order valence-electron chi connectivity index (χ1n) is 8.11. The summed E-state index contributed by atoms with van der Waals surface area (Å²) in [6.07, 6.45) is 1.95. The van der Waals surface area contributed by atoms with Gasteiger partial charge in [-0.3, -0.25) is 14.2 Å². The highest BCUT2D eigenvalue weighted by atomic mass is 32.1. The van der Waals surface area contributed by atoms with Crippen molar-refractivity contribution in [1.29, 1.82) is 0 Å². The third kappa shape index (κ3) is 3.46. The van der Waals surface area contributed by atoms with Crippen molar-refractivity contribution in [3.8, 4) is 0 Å². The standard InChI is InChI=1S/C18H20N4O2S/c1-4-18(3,17-20-12(2)11-25-17)21-15(23)10-22-14-8-6-5-7-13(14)19-9-16(22)24/h5-9,11H,4,10H2,1-3H3,(H,21,23). The average molecular weight is 356 g/mol. The fourth-order valence-electron chi connectivity index (χ4n) is 2.67. The Hall–Kier alpha value is -2.54. The number of para-hydroxylation sites is 2. The van der Waals surface area contributed by atoms with E-state index in [2.05, 4.69) is 15.3 Å². The smallest absolute Gasteiger partial charge is 0.269 e. The van der Waals surface area contributed by atoms with Crippen LogP contribution < -0.4 is 10.9 Å². The zero-order valence-corrected chi connectivity index (χ0v) is 15.3. The Bertz CT molecular complexity index is 978. The first kappa shape index (κ1) is 17.3. The molecule has 25 heavy (non-hydrogen) atoms. The fourth-order valence-corrected chi connectivity index (χ4v) is 3.66. The van der Waals surface area contributed by atoms with Crippen molar-refractivity contribution in [2.45, 2.75) is 39.3 Å². The Kier molecular flexibility index (Phi) is 4.67. The molecule has 1 N–H and O–H groups in total. The van der Waals surface area contributed by atoms with Gasteiger partial charge in [0.25, 0.3) is 5.56 Å². The summed E-state index contributed by atoms with van der Waals surface area (Å²) in [7, 11) is 0. The summed E-state index contributed by atoms with van der Waals surface area (Å²) < 4.78 is 1.45. The molecule has 0 aliphatic carbocycles. The zero-order valence-electron chi connectivity index (χ0n) is 14.4. The van der Waals surface area contributed by atoms with Gasteiger partial charge in [-0.25, -0.2) is 9.97 Å². The van der Waals surface area contributed by atoms with Crippen LogP contribution in [0, 0.1) is 6.92 Å². The van der Waals surface area contributed by atoms with Crippen LogP contribution in [0.2, 0.25) is 0 Å². The van der Waals surface area contributed by atoms with E-state index < -0.39 is 5.54 Å². The lowest BCUT2D eigenvalue weighted by Crippen LogP contribution is -2.45. The minimum atomic E-state index is -0.553. The second kappa shape index (κ2) is 6.76. The molecular weight excluding hydrogens is 336 g/mol. The minimum Gasteiger partial charge on any atom is -0.343 e. The number of hydrogen-bond acceptors (Lipinski definition) is 5. The maximum Gasteiger partial charge on any atom is 0.269 e. The Morgan fingerprint density at radius 1 is 1.36 bits per heavy atom. The van der Waals surface area contributed by atoms with Crippen LogP contribution in [0.15, 0.2) is 40.6 Å². The molecule has 1 atom stereocenters. The van der Waals surface area contributed by atoms with E-state index in [0.717, 1.165) is 10.7 Å². The largest absolute Gasteiger partial charge is 0.343 e. The molecule has 130 valence electrons. The average Bonchev–Trinajstić information content (AvgIpc) is 3.04. The number of fused-ring (bicyclic) bond motifs is 1. The Morgan fingerprint density at radius 3 is 2.80 bits per heavy atom. The van der Waals surface area contributed by atoms with Crippen LogP contribution in [-0.4, -0.2) is 20.4 Å². The third-order valence-corrected chi connectivity index (χ3v) is 5.49. The number of nitrogens with zero attached hydrogens (tertiary/aromatic N) is 3. The number of nitrogens with one attached hydrogen (secondary N) is 1. The number of rotatable bonds is 5. The van der Waals surface area contributed by atoms with Crippen molar-refractivity contribution in [3.63, 3.8) is 0 Å². The number of aromatic nitrogens is 3. The van der Waals surface area contributed by atoms with Crippen molar-refractivity contribution in [3.05, 3.63) is 56.9 Å². The monoisotopic (exact) mass is 356 g/mol. The van der Waals surface area contributed by atoms with E-state index in [9.17, 15) is 9.59 Å². The molecule has 0 aliphatic rings. The third-order valence-electron chi connectivity index (χ3n) is 4.27. The van der Waals surface area contributed by atoms with Crippen molar-refractivity contribution in [2.24, 2.45) is 0 Å². The van der Waals surface area contributed by atoms with E-state index in [-0.39, 0.29) is 18.0 Å². The number of carbonyl (C=O) groups is 1. The molecule has 0 saturated heterocycles. The number of benzene rings is 1. The van der Waals surface area contributed by atoms with Crippen LogP contribution in [-0.2, 0) is 16.9 Å². The lowest BCUT2D eigenvalue weighted by atomic mass is 10.00. The summed E-state index contributed by atoms with van der Waals surface area (Å²) in [6.45, 7) is 5.84. The molecule has 3 rings (SSSR count). The van der Waals surface area contributed by atoms with Crippen molar-refractivity contribution < 1.29 is 4.79 Å². The van der Waals surface area contributed by atoms with E-state index in [4.69, 9.17) is 0 Å². The van der Waals surface area contributed by atoms with E-state index in [1.165, 1.54) is 22.1 Å². The molecule has 0 spiro atoms. The summed E-state index contributed by atoms with van der Waals surface area (Å²) in [6, 6.07) is 7.29. The maximum absolute atomic E-state index is 12.6. The first-order valence-corrected chi connectivity index (χ1v) is 8.99. The van der Waals surface area contributed by atoms with Crippen molar-refractivity contribution in [1.82, 2.24) is 19.9 Å². The molecule has 1 aromatic carbocycles. The quantitative estimate of drug-likeness (QED) is 0.762. The van der Waals surface area contributed by atoms with Gasteiger partial charge in [0.05, 0.1) is 22.8 Å². The summed E-state index contributed by atoms with van der Waals surface area (Å²) >= 11 is 1.53. The van der Waals surface area contributed by atoms with Gasteiger partial charge < -0.3 is 5.32 Å². The summed E-state index contributed by atoms with van der Waals surface area (Å²) in [5.74, 6) is -0.226. The molecule has 2 heterocycles. The SMILES string of the molecule is CCC(C)(NC(=O)Cn1c(=O)cnc2ccccc21)c1nc(C)cs1. The van der Waals surface area contributed by atoms with Crippen LogP contribution in [0.1, 0.15) is 31.0 Å². The lowest BCUT2D eigenvalue weighted by Gasteiger charge is -2.27. The van der Waals surface area contributed by atoms with Gasteiger partial charge in [0.15, 0.2) is 0 Å². The molecular formula is C18H20N4O2S. The van der Waals surface area contributed by atoms with Gasteiger partial charge in [-0.15, -0.1) is 11.3 Å². The predicted octanol–water partition coefficient (Wildman–Crippen LogP) is 2.60. The van der Waals surface area contributed by atoms with Gasteiger partial charge >= 0.3 is 0 Å². The molecule has 0 aliphatic heterocycles. The van der Waals surface area contributed by atoms with E-state index >= 15 is 0 Å². The van der Waals surface area contributed by atoms with E-state index in [0.29, 0.717) is 17.5 Å². The number of hydrogen-bond donors (Lipinski definition) is 1. The maximum atomic E-state index is 12.6. The van der Waals surface area contributed by atoms with Gasteiger partial charge in [0, 0.05) is 11.1 Å². The topological polar surface area (TPSA) is 76.9 Å². The van der Waals surface area contributed by atoms with Gasteiger partial charge in [0.2, 0.25) is 5.91 Å². The molecule has 7 heteroatoms. The molecule has 6 nitrogen and oxygen atoms in total. The Balaban J connectivity index is 1.88. The normalized spacial score (nSPS) is 13.6. The molecule has 0 radical (unpaired) electrons. The lowest BCUT2D eigenvalue weighted by molar-refractivity contribution is -0.123. The highest BCUT2D eigenvalue weighted by Crippen LogP contribution is 2.27. The van der Waals surface area contributed by atoms with E-state index in [1.54, 1.807) is 6.07 Å². The molecule has 0 bridgehead atoms. The number of aryl methyl sites for hydroxylation is 1. The molecule has 1 amide bonds. The van der Waals surface area contributed by atoms with Gasteiger partial charge in [-0.2, -0.15) is 0 Å². The molecule has 0 saturated carbocycles. The van der Waals surface area contributed by atoms with Crippen LogP contribution in [0.3, 0.4) is 0 Å². The van der Waals surface area contributed by atoms with Gasteiger partial charge in [-0.05, 0) is 32.4 Å².